The number of para-hydroxylation sites is 2. The van der Waals surface area contributed by atoms with E-state index in [2.05, 4.69) is 0 Å². The van der Waals surface area contributed by atoms with Crippen LogP contribution in [-0.4, -0.2) is 4.57 Å². The van der Waals surface area contributed by atoms with Crippen LogP contribution in [0.3, 0.4) is 0 Å². The van der Waals surface area contributed by atoms with Crippen molar-refractivity contribution in [3.05, 3.63) is 78.9 Å². The van der Waals surface area contributed by atoms with Crippen LogP contribution in [0.5, 0.6) is 0 Å². The number of nitrogens with zero attached hydrogens (tertiary/aromatic N) is 2. The van der Waals surface area contributed by atoms with Crippen molar-refractivity contribution in [2.45, 2.75) is 0 Å². The Balaban J connectivity index is 2.16. The Morgan fingerprint density at radius 3 is 2.00 bits per heavy atom. The summed E-state index contributed by atoms with van der Waals surface area (Å²) in [5.41, 5.74) is 1.15. The van der Waals surface area contributed by atoms with Gasteiger partial charge < -0.3 is 0 Å². The highest BCUT2D eigenvalue weighted by molar-refractivity contribution is 5.31. The monoisotopic (exact) mass is 257 g/mol. The van der Waals surface area contributed by atoms with Crippen molar-refractivity contribution >= 4 is 0 Å². The molecule has 0 saturated heterocycles. The molecule has 0 bridgehead atoms. The Kier molecular flexibility index (Phi) is 2.83. The SMILES string of the molecule is Fc1c(F)[n+](-c2ccccc2)cn1-c1ccccc1. The molecule has 2 nitrogen and oxygen atoms in total. The van der Waals surface area contributed by atoms with E-state index in [0.717, 1.165) is 0 Å². The van der Waals surface area contributed by atoms with Gasteiger partial charge in [-0.25, -0.2) is 0 Å². The molecule has 0 saturated carbocycles. The van der Waals surface area contributed by atoms with Crippen LogP contribution in [0.25, 0.3) is 11.4 Å². The van der Waals surface area contributed by atoms with Crippen LogP contribution in [0.4, 0.5) is 8.78 Å². The van der Waals surface area contributed by atoms with Crippen LogP contribution in [0.2, 0.25) is 0 Å². The minimum Gasteiger partial charge on any atom is -0.168 e. The van der Waals surface area contributed by atoms with Gasteiger partial charge in [0.1, 0.15) is 11.4 Å². The molecule has 1 heterocycles. The highest BCUT2D eigenvalue weighted by atomic mass is 19.2. The number of hydrogen-bond donors (Lipinski definition) is 0. The van der Waals surface area contributed by atoms with Gasteiger partial charge in [0.2, 0.25) is 0 Å². The van der Waals surface area contributed by atoms with Crippen molar-refractivity contribution in [3.63, 3.8) is 0 Å². The summed E-state index contributed by atoms with van der Waals surface area (Å²) < 4.78 is 30.3. The standard InChI is InChI=1S/C15H11F2N2/c16-14-15(17)19(13-9-5-2-6-10-13)11-18(14)12-7-3-1-4-8-12/h1-11H/q+1. The summed E-state index contributed by atoms with van der Waals surface area (Å²) >= 11 is 0. The maximum absolute atomic E-state index is 14.0. The first kappa shape index (κ1) is 11.6. The summed E-state index contributed by atoms with van der Waals surface area (Å²) in [4.78, 5) is 0. The van der Waals surface area contributed by atoms with Gasteiger partial charge in [-0.15, -0.1) is 0 Å². The second-order valence-electron chi connectivity index (χ2n) is 4.11. The number of benzene rings is 2. The molecule has 94 valence electrons. The molecule has 0 aliphatic rings. The molecule has 2 aromatic carbocycles. The van der Waals surface area contributed by atoms with Gasteiger partial charge in [-0.2, -0.15) is 17.9 Å². The van der Waals surface area contributed by atoms with Crippen LogP contribution >= 0.6 is 0 Å². The van der Waals surface area contributed by atoms with Gasteiger partial charge in [-0.3, -0.25) is 0 Å². The Morgan fingerprint density at radius 2 is 1.37 bits per heavy atom. The molecule has 0 fully saturated rings. The molecule has 0 aliphatic carbocycles. The molecule has 0 aliphatic heterocycles. The van der Waals surface area contributed by atoms with Crippen molar-refractivity contribution < 1.29 is 13.3 Å². The minimum atomic E-state index is -0.907. The number of imidazole rings is 1. The Labute approximate surface area is 109 Å². The summed E-state index contributed by atoms with van der Waals surface area (Å²) in [6.45, 7) is 0. The van der Waals surface area contributed by atoms with Gasteiger partial charge in [-0.1, -0.05) is 36.4 Å². The third-order valence-corrected chi connectivity index (χ3v) is 2.89. The zero-order chi connectivity index (χ0) is 13.2. The van der Waals surface area contributed by atoms with E-state index < -0.39 is 11.9 Å². The van der Waals surface area contributed by atoms with E-state index in [1.54, 1.807) is 48.5 Å². The third kappa shape index (κ3) is 2.01. The summed E-state index contributed by atoms with van der Waals surface area (Å²) in [6, 6.07) is 17.6. The molecule has 0 amide bonds. The topological polar surface area (TPSA) is 8.81 Å². The molecule has 0 radical (unpaired) electrons. The van der Waals surface area contributed by atoms with Gasteiger partial charge in [-0.05, 0) is 24.3 Å². The quantitative estimate of drug-likeness (QED) is 0.624. The molecular formula is C15H11F2N2+. The largest absolute Gasteiger partial charge is 0.361 e. The predicted octanol–water partition coefficient (Wildman–Crippen LogP) is 3.03. The van der Waals surface area contributed by atoms with Crippen LogP contribution < -0.4 is 4.57 Å². The average Bonchev–Trinajstić information content (AvgIpc) is 2.77. The van der Waals surface area contributed by atoms with Crippen molar-refractivity contribution in [1.82, 2.24) is 4.57 Å². The van der Waals surface area contributed by atoms with E-state index >= 15 is 0 Å². The van der Waals surface area contributed by atoms with E-state index in [1.165, 1.54) is 15.5 Å². The van der Waals surface area contributed by atoms with Gasteiger partial charge in [0, 0.05) is 0 Å². The summed E-state index contributed by atoms with van der Waals surface area (Å²) in [7, 11) is 0. The second kappa shape index (κ2) is 4.65. The average molecular weight is 257 g/mol. The maximum atomic E-state index is 14.0. The number of halogens is 2. The van der Waals surface area contributed by atoms with Crippen molar-refractivity contribution in [2.75, 3.05) is 0 Å². The molecule has 0 N–H and O–H groups in total. The van der Waals surface area contributed by atoms with E-state index in [0.29, 0.717) is 11.4 Å². The van der Waals surface area contributed by atoms with Crippen molar-refractivity contribution in [1.29, 1.82) is 0 Å². The second-order valence-corrected chi connectivity index (χ2v) is 4.11. The summed E-state index contributed by atoms with van der Waals surface area (Å²) in [5.74, 6) is -1.81. The zero-order valence-electron chi connectivity index (χ0n) is 10.0. The number of aromatic nitrogens is 2. The van der Waals surface area contributed by atoms with Crippen LogP contribution in [0, 0.1) is 11.9 Å². The fourth-order valence-electron chi connectivity index (χ4n) is 1.95. The molecule has 0 spiro atoms. The maximum Gasteiger partial charge on any atom is 0.361 e. The Hall–Kier alpha value is -2.49. The summed E-state index contributed by atoms with van der Waals surface area (Å²) in [6.07, 6.45) is 1.40. The molecular weight excluding hydrogens is 246 g/mol. The van der Waals surface area contributed by atoms with E-state index in [-0.39, 0.29) is 0 Å². The van der Waals surface area contributed by atoms with Crippen LogP contribution in [0.15, 0.2) is 67.0 Å². The highest BCUT2D eigenvalue weighted by Gasteiger charge is 2.25. The molecule has 19 heavy (non-hydrogen) atoms. The van der Waals surface area contributed by atoms with Gasteiger partial charge in [0.25, 0.3) is 6.33 Å². The first-order chi connectivity index (χ1) is 9.27. The molecule has 4 heteroatoms. The van der Waals surface area contributed by atoms with Crippen LogP contribution in [-0.2, 0) is 0 Å². The molecule has 3 aromatic rings. The van der Waals surface area contributed by atoms with Gasteiger partial charge in [0.15, 0.2) is 0 Å². The first-order valence-electron chi connectivity index (χ1n) is 5.86. The Morgan fingerprint density at radius 1 is 0.789 bits per heavy atom. The fraction of sp³-hybridized carbons (Fsp3) is 0. The van der Waals surface area contributed by atoms with Crippen molar-refractivity contribution in [2.24, 2.45) is 0 Å². The summed E-state index contributed by atoms with van der Waals surface area (Å²) in [5, 5.41) is 0. The fourth-order valence-corrected chi connectivity index (χ4v) is 1.95. The van der Waals surface area contributed by atoms with E-state index in [9.17, 15) is 8.78 Å². The Bertz CT molecular complexity index is 631. The first-order valence-corrected chi connectivity index (χ1v) is 5.86. The number of hydrogen-bond acceptors (Lipinski definition) is 0. The van der Waals surface area contributed by atoms with Crippen molar-refractivity contribution in [3.8, 4) is 11.4 Å². The molecule has 0 atom stereocenters. The van der Waals surface area contributed by atoms with Crippen LogP contribution in [0.1, 0.15) is 0 Å². The predicted molar refractivity (Wildman–Crippen MR) is 67.2 cm³/mol. The number of rotatable bonds is 2. The lowest BCUT2D eigenvalue weighted by Gasteiger charge is -1.94. The minimum absolute atomic E-state index is 0.577. The van der Waals surface area contributed by atoms with E-state index in [1.807, 2.05) is 12.1 Å². The van der Waals surface area contributed by atoms with Gasteiger partial charge >= 0.3 is 11.9 Å². The smallest absolute Gasteiger partial charge is 0.168 e. The lowest BCUT2D eigenvalue weighted by atomic mass is 10.3. The molecule has 0 unspecified atom stereocenters. The molecule has 1 aromatic heterocycles. The molecule has 3 rings (SSSR count). The zero-order valence-corrected chi connectivity index (χ0v) is 10.0. The van der Waals surface area contributed by atoms with Gasteiger partial charge in [0.05, 0.1) is 0 Å². The normalized spacial score (nSPS) is 10.6. The van der Waals surface area contributed by atoms with E-state index in [4.69, 9.17) is 0 Å². The highest BCUT2D eigenvalue weighted by Crippen LogP contribution is 2.13. The lowest BCUT2D eigenvalue weighted by Crippen LogP contribution is -2.32. The lowest BCUT2D eigenvalue weighted by molar-refractivity contribution is -0.627. The third-order valence-electron chi connectivity index (χ3n) is 2.89.